The van der Waals surface area contributed by atoms with E-state index in [1.807, 2.05) is 13.8 Å². The quantitative estimate of drug-likeness (QED) is 0.735. The third-order valence-electron chi connectivity index (χ3n) is 3.55. The van der Waals surface area contributed by atoms with Gasteiger partial charge in [0.25, 0.3) is 0 Å². The fourth-order valence-corrected chi connectivity index (χ4v) is 2.69. The summed E-state index contributed by atoms with van der Waals surface area (Å²) >= 11 is 0. The third-order valence-corrected chi connectivity index (χ3v) is 3.55. The molecule has 3 nitrogen and oxygen atoms in total. The van der Waals surface area contributed by atoms with Crippen molar-refractivity contribution in [2.45, 2.75) is 59.2 Å². The largest absolute Gasteiger partial charge is 0.298 e. The lowest BCUT2D eigenvalue weighted by Crippen LogP contribution is -2.45. The van der Waals surface area contributed by atoms with Crippen LogP contribution < -0.4 is 0 Å². The summed E-state index contributed by atoms with van der Waals surface area (Å²) in [6.07, 6.45) is 0.701. The SMILES string of the molecule is CC(C)C(=O)C1CC(C#N)C(C)N1C(C)C. The number of carbonyl (C=O) groups excluding carboxylic acids is 1. The van der Waals surface area contributed by atoms with Gasteiger partial charge in [-0.15, -0.1) is 0 Å². The van der Waals surface area contributed by atoms with Gasteiger partial charge < -0.3 is 0 Å². The molecule has 1 saturated heterocycles. The Labute approximate surface area is 98.4 Å². The number of likely N-dealkylation sites (tertiary alicyclic amines) is 1. The zero-order valence-electron chi connectivity index (χ0n) is 10.9. The zero-order valence-corrected chi connectivity index (χ0v) is 10.9. The fraction of sp³-hybridized carbons (Fsp3) is 0.846. The zero-order chi connectivity index (χ0) is 12.5. The van der Waals surface area contributed by atoms with Gasteiger partial charge in [-0.2, -0.15) is 5.26 Å². The van der Waals surface area contributed by atoms with Gasteiger partial charge in [-0.1, -0.05) is 13.8 Å². The van der Waals surface area contributed by atoms with Crippen LogP contribution in [0.2, 0.25) is 0 Å². The first-order valence-electron chi connectivity index (χ1n) is 6.10. The van der Waals surface area contributed by atoms with Gasteiger partial charge >= 0.3 is 0 Å². The van der Waals surface area contributed by atoms with Crippen LogP contribution in [0.4, 0.5) is 0 Å². The average molecular weight is 222 g/mol. The first-order valence-corrected chi connectivity index (χ1v) is 6.10. The summed E-state index contributed by atoms with van der Waals surface area (Å²) in [6, 6.07) is 2.79. The molecule has 1 fully saturated rings. The molecule has 0 amide bonds. The molecule has 0 aromatic carbocycles. The van der Waals surface area contributed by atoms with Crippen LogP contribution >= 0.6 is 0 Å². The molecule has 0 aromatic rings. The second-order valence-corrected chi connectivity index (χ2v) is 5.33. The lowest BCUT2D eigenvalue weighted by molar-refractivity contribution is -0.127. The number of carbonyl (C=O) groups is 1. The van der Waals surface area contributed by atoms with Gasteiger partial charge in [-0.05, 0) is 27.2 Å². The van der Waals surface area contributed by atoms with Gasteiger partial charge in [0.05, 0.1) is 18.0 Å². The smallest absolute Gasteiger partial charge is 0.152 e. The predicted molar refractivity (Wildman–Crippen MR) is 63.8 cm³/mol. The maximum Gasteiger partial charge on any atom is 0.152 e. The molecule has 16 heavy (non-hydrogen) atoms. The summed E-state index contributed by atoms with van der Waals surface area (Å²) in [5.41, 5.74) is 0. The molecule has 3 atom stereocenters. The van der Waals surface area contributed by atoms with Gasteiger partial charge in [0.15, 0.2) is 5.78 Å². The lowest BCUT2D eigenvalue weighted by Gasteiger charge is -2.32. The van der Waals surface area contributed by atoms with Crippen molar-refractivity contribution in [1.82, 2.24) is 4.90 Å². The normalized spacial score (nSPS) is 31.0. The highest BCUT2D eigenvalue weighted by Gasteiger charge is 2.43. The predicted octanol–water partition coefficient (Wildman–Crippen LogP) is 2.22. The number of nitrogens with zero attached hydrogens (tertiary/aromatic N) is 2. The van der Waals surface area contributed by atoms with Crippen molar-refractivity contribution in [1.29, 1.82) is 5.26 Å². The van der Waals surface area contributed by atoms with Crippen molar-refractivity contribution in [2.24, 2.45) is 11.8 Å². The number of rotatable bonds is 3. The summed E-state index contributed by atoms with van der Waals surface area (Å²) in [4.78, 5) is 14.3. The first-order chi connectivity index (χ1) is 7.40. The summed E-state index contributed by atoms with van der Waals surface area (Å²) < 4.78 is 0. The highest BCUT2D eigenvalue weighted by Crippen LogP contribution is 2.32. The molecule has 0 radical (unpaired) electrons. The first kappa shape index (κ1) is 13.2. The molecule has 1 aliphatic heterocycles. The van der Waals surface area contributed by atoms with E-state index in [1.165, 1.54) is 0 Å². The van der Waals surface area contributed by atoms with Crippen molar-refractivity contribution in [3.63, 3.8) is 0 Å². The molecule has 0 aliphatic carbocycles. The van der Waals surface area contributed by atoms with Crippen LogP contribution in [0.1, 0.15) is 41.0 Å². The molecule has 0 spiro atoms. The molecular weight excluding hydrogens is 200 g/mol. The van der Waals surface area contributed by atoms with Crippen LogP contribution in [-0.4, -0.2) is 28.8 Å². The molecule has 3 heteroatoms. The van der Waals surface area contributed by atoms with Crippen LogP contribution in [0.5, 0.6) is 0 Å². The van der Waals surface area contributed by atoms with Crippen LogP contribution in [0.15, 0.2) is 0 Å². The van der Waals surface area contributed by atoms with Crippen LogP contribution in [-0.2, 0) is 4.79 Å². The van der Waals surface area contributed by atoms with E-state index >= 15 is 0 Å². The molecular formula is C13H22N2O. The highest BCUT2D eigenvalue weighted by molar-refractivity contribution is 5.86. The number of hydrogen-bond donors (Lipinski definition) is 0. The Morgan fingerprint density at radius 1 is 1.38 bits per heavy atom. The van der Waals surface area contributed by atoms with Crippen molar-refractivity contribution < 1.29 is 4.79 Å². The minimum Gasteiger partial charge on any atom is -0.298 e. The van der Waals surface area contributed by atoms with Crippen LogP contribution in [0.3, 0.4) is 0 Å². The molecule has 0 bridgehead atoms. The molecule has 1 rings (SSSR count). The summed E-state index contributed by atoms with van der Waals surface area (Å²) in [5.74, 6) is 0.323. The Bertz CT molecular complexity index is 304. The van der Waals surface area contributed by atoms with Crippen molar-refractivity contribution >= 4 is 5.78 Å². The van der Waals surface area contributed by atoms with E-state index in [4.69, 9.17) is 5.26 Å². The Kier molecular flexibility index (Phi) is 4.09. The Balaban J connectivity index is 2.92. The summed E-state index contributed by atoms with van der Waals surface area (Å²) in [7, 11) is 0. The van der Waals surface area contributed by atoms with Crippen LogP contribution in [0, 0.1) is 23.2 Å². The van der Waals surface area contributed by atoms with Crippen LogP contribution in [0.25, 0.3) is 0 Å². The summed E-state index contributed by atoms with van der Waals surface area (Å²) in [5, 5.41) is 9.09. The van der Waals surface area contributed by atoms with Crippen molar-refractivity contribution in [3.05, 3.63) is 0 Å². The van der Waals surface area contributed by atoms with Gasteiger partial charge in [0.2, 0.25) is 0 Å². The van der Waals surface area contributed by atoms with E-state index in [0.29, 0.717) is 12.5 Å². The van der Waals surface area contributed by atoms with Crippen molar-refractivity contribution in [2.75, 3.05) is 0 Å². The van der Waals surface area contributed by atoms with E-state index in [0.717, 1.165) is 0 Å². The van der Waals surface area contributed by atoms with Gasteiger partial charge in [0.1, 0.15) is 0 Å². The van der Waals surface area contributed by atoms with E-state index in [-0.39, 0.29) is 29.7 Å². The second-order valence-electron chi connectivity index (χ2n) is 5.33. The monoisotopic (exact) mass is 222 g/mol. The Morgan fingerprint density at radius 2 is 1.94 bits per heavy atom. The number of hydrogen-bond acceptors (Lipinski definition) is 3. The molecule has 0 N–H and O–H groups in total. The minimum absolute atomic E-state index is 0.00454. The molecule has 0 aromatic heterocycles. The molecule has 90 valence electrons. The third kappa shape index (κ3) is 2.27. The maximum absolute atomic E-state index is 12.1. The molecule has 1 aliphatic rings. The van der Waals surface area contributed by atoms with Gasteiger partial charge in [-0.25, -0.2) is 0 Å². The van der Waals surface area contributed by atoms with Crippen molar-refractivity contribution in [3.8, 4) is 6.07 Å². The van der Waals surface area contributed by atoms with E-state index < -0.39 is 0 Å². The Morgan fingerprint density at radius 3 is 2.31 bits per heavy atom. The van der Waals surface area contributed by atoms with E-state index in [1.54, 1.807) is 0 Å². The Hall–Kier alpha value is -0.880. The molecule has 1 heterocycles. The van der Waals surface area contributed by atoms with E-state index in [2.05, 4.69) is 31.7 Å². The number of ketones is 1. The van der Waals surface area contributed by atoms with Gasteiger partial charge in [-0.3, -0.25) is 9.69 Å². The maximum atomic E-state index is 12.1. The average Bonchev–Trinajstić information content (AvgIpc) is 2.53. The summed E-state index contributed by atoms with van der Waals surface area (Å²) in [6.45, 7) is 10.1. The topological polar surface area (TPSA) is 44.1 Å². The number of Topliss-reactive ketones (excluding diaryl/α,β-unsaturated/α-hetero) is 1. The molecule has 0 saturated carbocycles. The molecule has 3 unspecified atom stereocenters. The minimum atomic E-state index is -0.0559. The highest BCUT2D eigenvalue weighted by atomic mass is 16.1. The number of nitriles is 1. The van der Waals surface area contributed by atoms with E-state index in [9.17, 15) is 4.79 Å². The fourth-order valence-electron chi connectivity index (χ4n) is 2.69. The van der Waals surface area contributed by atoms with Gasteiger partial charge in [0, 0.05) is 18.0 Å². The standard InChI is InChI=1S/C13H22N2O/c1-8(2)13(16)12-6-11(7-14)10(5)15(12)9(3)4/h8-12H,6H2,1-5H3. The second kappa shape index (κ2) is 4.97. The lowest BCUT2D eigenvalue weighted by atomic mass is 9.96.